The molecular weight excluding hydrogens is 218 g/mol. The van der Waals surface area contributed by atoms with Crippen LogP contribution in [0.15, 0.2) is 16.6 Å². The Hall–Kier alpha value is -0.700. The molecule has 0 heterocycles. The van der Waals surface area contributed by atoms with Gasteiger partial charge in [0.2, 0.25) is 0 Å². The summed E-state index contributed by atoms with van der Waals surface area (Å²) in [4.78, 5) is 0. The van der Waals surface area contributed by atoms with Crippen molar-refractivity contribution in [2.75, 3.05) is 12.8 Å². The molecule has 0 unspecified atom stereocenters. The fraction of sp³-hybridized carbons (Fsp3) is 0.333. The fourth-order valence-corrected chi connectivity index (χ4v) is 1.71. The first-order valence-corrected chi connectivity index (χ1v) is 4.60. The highest BCUT2D eigenvalue weighted by atomic mass is 79.9. The van der Waals surface area contributed by atoms with E-state index in [2.05, 4.69) is 22.9 Å². The summed E-state index contributed by atoms with van der Waals surface area (Å²) in [6.45, 7) is 2.07. The summed E-state index contributed by atoms with van der Waals surface area (Å²) in [6.07, 6.45) is 0.923. The molecular formula is C9H12BrNO. The molecule has 1 aromatic carbocycles. The van der Waals surface area contributed by atoms with Crippen LogP contribution < -0.4 is 10.5 Å². The summed E-state index contributed by atoms with van der Waals surface area (Å²) in [6, 6.07) is 3.87. The van der Waals surface area contributed by atoms with E-state index in [1.165, 1.54) is 0 Å². The first-order chi connectivity index (χ1) is 5.69. The highest BCUT2D eigenvalue weighted by Gasteiger charge is 2.05. The lowest BCUT2D eigenvalue weighted by Gasteiger charge is -2.09. The summed E-state index contributed by atoms with van der Waals surface area (Å²) in [5.74, 6) is 0.792. The van der Waals surface area contributed by atoms with Gasteiger partial charge in [-0.2, -0.15) is 0 Å². The predicted octanol–water partition coefficient (Wildman–Crippen LogP) is 2.60. The SMILES string of the molecule is CCc1cc(Br)cc(N)c1OC. The number of halogens is 1. The zero-order valence-corrected chi connectivity index (χ0v) is 8.81. The van der Waals surface area contributed by atoms with Crippen molar-refractivity contribution in [1.82, 2.24) is 0 Å². The van der Waals surface area contributed by atoms with Gasteiger partial charge in [-0.25, -0.2) is 0 Å². The maximum absolute atomic E-state index is 5.75. The summed E-state index contributed by atoms with van der Waals surface area (Å²) in [5.41, 5.74) is 7.57. The molecule has 0 atom stereocenters. The van der Waals surface area contributed by atoms with Crippen molar-refractivity contribution in [2.45, 2.75) is 13.3 Å². The molecule has 0 radical (unpaired) electrons. The first kappa shape index (κ1) is 9.39. The number of aryl methyl sites for hydroxylation is 1. The minimum absolute atomic E-state index is 0.684. The second kappa shape index (κ2) is 3.81. The Kier molecular flexibility index (Phi) is 2.98. The molecule has 12 heavy (non-hydrogen) atoms. The van der Waals surface area contributed by atoms with Crippen molar-refractivity contribution in [3.8, 4) is 5.75 Å². The van der Waals surface area contributed by atoms with Crippen molar-refractivity contribution in [3.63, 3.8) is 0 Å². The third-order valence-electron chi connectivity index (χ3n) is 1.74. The minimum Gasteiger partial charge on any atom is -0.494 e. The van der Waals surface area contributed by atoms with Gasteiger partial charge in [0.05, 0.1) is 12.8 Å². The van der Waals surface area contributed by atoms with Crippen molar-refractivity contribution >= 4 is 21.6 Å². The quantitative estimate of drug-likeness (QED) is 0.792. The molecule has 1 rings (SSSR count). The summed E-state index contributed by atoms with van der Waals surface area (Å²) in [7, 11) is 1.64. The second-order valence-electron chi connectivity index (χ2n) is 2.54. The van der Waals surface area contributed by atoms with Gasteiger partial charge in [-0.15, -0.1) is 0 Å². The molecule has 0 fully saturated rings. The second-order valence-corrected chi connectivity index (χ2v) is 3.46. The van der Waals surface area contributed by atoms with E-state index in [0.29, 0.717) is 5.69 Å². The number of rotatable bonds is 2. The molecule has 0 aliphatic carbocycles. The monoisotopic (exact) mass is 229 g/mol. The number of benzene rings is 1. The van der Waals surface area contributed by atoms with E-state index in [1.807, 2.05) is 12.1 Å². The molecule has 0 aliphatic heterocycles. The van der Waals surface area contributed by atoms with Crippen LogP contribution in [0, 0.1) is 0 Å². The Morgan fingerprint density at radius 1 is 1.50 bits per heavy atom. The number of hydrogen-bond donors (Lipinski definition) is 1. The molecule has 0 saturated carbocycles. The van der Waals surface area contributed by atoms with Gasteiger partial charge in [0, 0.05) is 4.47 Å². The van der Waals surface area contributed by atoms with Gasteiger partial charge in [-0.05, 0) is 24.1 Å². The highest BCUT2D eigenvalue weighted by Crippen LogP contribution is 2.30. The van der Waals surface area contributed by atoms with Crippen LogP contribution in [0.2, 0.25) is 0 Å². The molecule has 2 nitrogen and oxygen atoms in total. The lowest BCUT2D eigenvalue weighted by atomic mass is 10.1. The zero-order valence-electron chi connectivity index (χ0n) is 7.23. The van der Waals surface area contributed by atoms with E-state index < -0.39 is 0 Å². The topological polar surface area (TPSA) is 35.2 Å². The lowest BCUT2D eigenvalue weighted by Crippen LogP contribution is -1.96. The van der Waals surface area contributed by atoms with Crippen LogP contribution in [0.4, 0.5) is 5.69 Å². The number of anilines is 1. The van der Waals surface area contributed by atoms with Crippen molar-refractivity contribution in [3.05, 3.63) is 22.2 Å². The Bertz CT molecular complexity index is 286. The maximum Gasteiger partial charge on any atom is 0.144 e. The van der Waals surface area contributed by atoms with E-state index >= 15 is 0 Å². The molecule has 0 aliphatic rings. The van der Waals surface area contributed by atoms with Crippen LogP contribution in [0.3, 0.4) is 0 Å². The third-order valence-corrected chi connectivity index (χ3v) is 2.20. The van der Waals surface area contributed by atoms with Crippen LogP contribution in [-0.2, 0) is 6.42 Å². The van der Waals surface area contributed by atoms with E-state index in [-0.39, 0.29) is 0 Å². The summed E-state index contributed by atoms with van der Waals surface area (Å²) in [5, 5.41) is 0. The molecule has 3 heteroatoms. The lowest BCUT2D eigenvalue weighted by molar-refractivity contribution is 0.412. The Morgan fingerprint density at radius 2 is 2.17 bits per heavy atom. The molecule has 0 amide bonds. The van der Waals surface area contributed by atoms with E-state index in [4.69, 9.17) is 10.5 Å². The van der Waals surface area contributed by atoms with Gasteiger partial charge in [0.1, 0.15) is 5.75 Å². The average Bonchev–Trinajstić information content (AvgIpc) is 2.03. The molecule has 66 valence electrons. The highest BCUT2D eigenvalue weighted by molar-refractivity contribution is 9.10. The van der Waals surface area contributed by atoms with Crippen LogP contribution in [0.1, 0.15) is 12.5 Å². The average molecular weight is 230 g/mol. The van der Waals surface area contributed by atoms with Gasteiger partial charge < -0.3 is 10.5 Å². The number of ether oxygens (including phenoxy) is 1. The first-order valence-electron chi connectivity index (χ1n) is 3.81. The standard InChI is InChI=1S/C9H12BrNO/c1-3-6-4-7(10)5-8(11)9(6)12-2/h4-5H,3,11H2,1-2H3. The Balaban J connectivity index is 3.24. The van der Waals surface area contributed by atoms with Crippen LogP contribution >= 0.6 is 15.9 Å². The van der Waals surface area contributed by atoms with Crippen molar-refractivity contribution < 1.29 is 4.74 Å². The van der Waals surface area contributed by atoms with Crippen molar-refractivity contribution in [2.24, 2.45) is 0 Å². The largest absolute Gasteiger partial charge is 0.494 e. The Labute approximate surface area is 80.8 Å². The number of nitrogens with two attached hydrogens (primary N) is 1. The van der Waals surface area contributed by atoms with Gasteiger partial charge in [0.15, 0.2) is 0 Å². The Morgan fingerprint density at radius 3 is 2.67 bits per heavy atom. The van der Waals surface area contributed by atoms with Gasteiger partial charge in [-0.1, -0.05) is 22.9 Å². The normalized spacial score (nSPS) is 9.92. The van der Waals surface area contributed by atoms with Crippen LogP contribution in [0.25, 0.3) is 0 Å². The maximum atomic E-state index is 5.75. The number of hydrogen-bond acceptors (Lipinski definition) is 2. The molecule has 0 bridgehead atoms. The minimum atomic E-state index is 0.684. The van der Waals surface area contributed by atoms with E-state index in [0.717, 1.165) is 22.2 Å². The molecule has 0 aromatic heterocycles. The smallest absolute Gasteiger partial charge is 0.144 e. The van der Waals surface area contributed by atoms with E-state index in [1.54, 1.807) is 7.11 Å². The van der Waals surface area contributed by atoms with Gasteiger partial charge in [0.25, 0.3) is 0 Å². The molecule has 0 saturated heterocycles. The molecule has 2 N–H and O–H groups in total. The van der Waals surface area contributed by atoms with Gasteiger partial charge in [-0.3, -0.25) is 0 Å². The van der Waals surface area contributed by atoms with Crippen molar-refractivity contribution in [1.29, 1.82) is 0 Å². The summed E-state index contributed by atoms with van der Waals surface area (Å²) >= 11 is 3.38. The van der Waals surface area contributed by atoms with Gasteiger partial charge >= 0.3 is 0 Å². The number of nitrogen functional groups attached to an aromatic ring is 1. The van der Waals surface area contributed by atoms with E-state index in [9.17, 15) is 0 Å². The predicted molar refractivity (Wildman–Crippen MR) is 54.5 cm³/mol. The summed E-state index contributed by atoms with van der Waals surface area (Å²) < 4.78 is 6.17. The third kappa shape index (κ3) is 1.72. The molecule has 1 aromatic rings. The molecule has 0 spiro atoms. The van der Waals surface area contributed by atoms with Crippen LogP contribution in [0.5, 0.6) is 5.75 Å². The van der Waals surface area contributed by atoms with Crippen LogP contribution in [-0.4, -0.2) is 7.11 Å². The zero-order chi connectivity index (χ0) is 9.14. The fourth-order valence-electron chi connectivity index (χ4n) is 1.18. The number of methoxy groups -OCH3 is 1.